The molecule has 188 valence electrons. The lowest BCUT2D eigenvalue weighted by atomic mass is 9.98. The number of hydrogen-bond donors (Lipinski definition) is 0. The third-order valence-corrected chi connectivity index (χ3v) is 6.98. The molecule has 0 spiro atoms. The fourth-order valence-corrected chi connectivity index (χ4v) is 5.23. The molecule has 10 heteroatoms. The van der Waals surface area contributed by atoms with Crippen molar-refractivity contribution in [2.75, 3.05) is 18.1 Å². The van der Waals surface area contributed by atoms with Crippen molar-refractivity contribution in [2.45, 2.75) is 19.9 Å². The Morgan fingerprint density at radius 2 is 2.00 bits per heavy atom. The Morgan fingerprint density at radius 1 is 1.24 bits per heavy atom. The minimum Gasteiger partial charge on any atom is -0.494 e. The number of hydrogen-bond acceptors (Lipinski definition) is 8. The van der Waals surface area contributed by atoms with Gasteiger partial charge in [-0.15, -0.1) is 0 Å². The number of thiazole rings is 1. The molecule has 0 saturated heterocycles. The molecule has 4 aromatic rings. The molecule has 0 bridgehead atoms. The number of halogens is 1. The lowest BCUT2D eigenvalue weighted by molar-refractivity contribution is 0.0554. The second-order valence-corrected chi connectivity index (χ2v) is 9.17. The van der Waals surface area contributed by atoms with Gasteiger partial charge in [0.15, 0.2) is 10.6 Å². The third-order valence-electron chi connectivity index (χ3n) is 5.85. The number of esters is 1. The Hall–Kier alpha value is -4.31. The topological polar surface area (TPSA) is 98.9 Å². The first-order chi connectivity index (χ1) is 17.8. The Balaban J connectivity index is 1.70. The van der Waals surface area contributed by atoms with Gasteiger partial charge in [-0.1, -0.05) is 36.1 Å². The van der Waals surface area contributed by atoms with Crippen LogP contribution in [0.5, 0.6) is 5.75 Å². The molecule has 2 aromatic heterocycles. The molecule has 37 heavy (non-hydrogen) atoms. The number of fused-ring (bicyclic) bond motifs is 2. The first kappa shape index (κ1) is 24.4. The van der Waals surface area contributed by atoms with Crippen molar-refractivity contribution < 1.29 is 27.9 Å². The van der Waals surface area contributed by atoms with Gasteiger partial charge in [-0.05, 0) is 49.7 Å². The number of aryl methyl sites for hydroxylation is 1. The van der Waals surface area contributed by atoms with Crippen LogP contribution < -0.4 is 15.1 Å². The van der Waals surface area contributed by atoms with E-state index in [1.165, 1.54) is 17.0 Å². The van der Waals surface area contributed by atoms with E-state index in [0.717, 1.165) is 23.5 Å². The summed E-state index contributed by atoms with van der Waals surface area (Å²) in [5.41, 5.74) is 0.590. The molecule has 1 unspecified atom stereocenters. The van der Waals surface area contributed by atoms with E-state index in [2.05, 4.69) is 11.6 Å². The van der Waals surface area contributed by atoms with Crippen molar-refractivity contribution in [1.29, 1.82) is 0 Å². The predicted molar refractivity (Wildman–Crippen MR) is 136 cm³/mol. The summed E-state index contributed by atoms with van der Waals surface area (Å²) in [7, 11) is 0. The van der Waals surface area contributed by atoms with E-state index in [1.807, 2.05) is 6.92 Å². The van der Waals surface area contributed by atoms with Crippen LogP contribution in [0.2, 0.25) is 0 Å². The van der Waals surface area contributed by atoms with Crippen LogP contribution in [0.15, 0.2) is 64.3 Å². The molecule has 0 N–H and O–H groups in total. The van der Waals surface area contributed by atoms with Gasteiger partial charge in [-0.2, -0.15) is 0 Å². The van der Waals surface area contributed by atoms with Gasteiger partial charge in [-0.3, -0.25) is 14.5 Å². The second-order valence-electron chi connectivity index (χ2n) is 8.19. The first-order valence-corrected chi connectivity index (χ1v) is 12.2. The van der Waals surface area contributed by atoms with Crippen molar-refractivity contribution >= 4 is 39.3 Å². The average Bonchev–Trinajstić information content (AvgIpc) is 3.41. The van der Waals surface area contributed by atoms with Crippen molar-refractivity contribution in [3.63, 3.8) is 0 Å². The van der Waals surface area contributed by atoms with Crippen LogP contribution in [0, 0.1) is 12.7 Å². The fraction of sp³-hybridized carbons (Fsp3) is 0.185. The minimum absolute atomic E-state index is 0.0216. The van der Waals surface area contributed by atoms with Crippen LogP contribution >= 0.6 is 11.3 Å². The van der Waals surface area contributed by atoms with E-state index in [4.69, 9.17) is 13.9 Å². The van der Waals surface area contributed by atoms with E-state index in [-0.39, 0.29) is 38.9 Å². The Kier molecular flexibility index (Phi) is 6.34. The highest BCUT2D eigenvalue weighted by molar-refractivity contribution is 7.17. The van der Waals surface area contributed by atoms with Crippen LogP contribution in [-0.2, 0) is 4.74 Å². The highest BCUT2D eigenvalue weighted by Crippen LogP contribution is 2.43. The molecular weight excluding hydrogens is 499 g/mol. The number of nitrogens with zero attached hydrogens (tertiary/aromatic N) is 2. The van der Waals surface area contributed by atoms with Crippen LogP contribution in [0.1, 0.15) is 50.0 Å². The molecule has 1 aliphatic rings. The quantitative estimate of drug-likeness (QED) is 0.244. The zero-order chi connectivity index (χ0) is 26.3. The maximum absolute atomic E-state index is 14.0. The average molecular weight is 521 g/mol. The van der Waals surface area contributed by atoms with Crippen LogP contribution in [0.3, 0.4) is 0 Å². The van der Waals surface area contributed by atoms with Gasteiger partial charge >= 0.3 is 5.97 Å². The van der Waals surface area contributed by atoms with Gasteiger partial charge in [0.2, 0.25) is 5.76 Å². The first-order valence-electron chi connectivity index (χ1n) is 11.4. The van der Waals surface area contributed by atoms with Crippen molar-refractivity contribution in [1.82, 2.24) is 4.98 Å². The molecule has 0 aliphatic carbocycles. The Labute approximate surface area is 214 Å². The molecule has 0 saturated carbocycles. The Bertz CT molecular complexity index is 1610. The molecule has 0 fully saturated rings. The smallest absolute Gasteiger partial charge is 0.350 e. The standard InChI is InChI=1S/C27H21FN2O6S/c1-4-12-35-26(33)24-14(3)29-27(37-24)30-21(15-6-9-17(10-7-15)34-5-2)20-22(31)18-13-16(28)8-11-19(18)36-23(20)25(30)32/h4,6-11,13,21H,1,5,12H2,2-3H3. The van der Waals surface area contributed by atoms with E-state index < -0.39 is 29.2 Å². The SMILES string of the molecule is C=CCOC(=O)c1sc(N2C(=O)c3oc4ccc(F)cc4c(=O)c3C2c2ccc(OCC)cc2)nc1C. The van der Waals surface area contributed by atoms with Crippen molar-refractivity contribution in [3.05, 3.63) is 98.6 Å². The lowest BCUT2D eigenvalue weighted by Gasteiger charge is -2.22. The zero-order valence-corrected chi connectivity index (χ0v) is 20.8. The van der Waals surface area contributed by atoms with Gasteiger partial charge in [0.25, 0.3) is 5.91 Å². The normalized spacial score (nSPS) is 14.6. The fourth-order valence-electron chi connectivity index (χ4n) is 4.25. The molecule has 1 aliphatic heterocycles. The zero-order valence-electron chi connectivity index (χ0n) is 19.9. The van der Waals surface area contributed by atoms with E-state index in [0.29, 0.717) is 23.6 Å². The number of carbonyl (C=O) groups excluding carboxylic acids is 2. The summed E-state index contributed by atoms with van der Waals surface area (Å²) >= 11 is 0.969. The van der Waals surface area contributed by atoms with Crippen LogP contribution in [0.25, 0.3) is 11.0 Å². The summed E-state index contributed by atoms with van der Waals surface area (Å²) in [5.74, 6) is -1.34. The summed E-state index contributed by atoms with van der Waals surface area (Å²) in [6, 6.07) is 9.56. The van der Waals surface area contributed by atoms with Crippen LogP contribution in [0.4, 0.5) is 9.52 Å². The van der Waals surface area contributed by atoms with Crippen LogP contribution in [-0.4, -0.2) is 30.1 Å². The van der Waals surface area contributed by atoms with Crippen molar-refractivity contribution in [3.8, 4) is 5.75 Å². The lowest BCUT2D eigenvalue weighted by Crippen LogP contribution is -2.29. The largest absolute Gasteiger partial charge is 0.494 e. The monoisotopic (exact) mass is 520 g/mol. The van der Waals surface area contributed by atoms with Gasteiger partial charge < -0.3 is 13.9 Å². The maximum atomic E-state index is 14.0. The summed E-state index contributed by atoms with van der Waals surface area (Å²) in [6.45, 7) is 7.52. The summed E-state index contributed by atoms with van der Waals surface area (Å²) in [5, 5.41) is 0.210. The number of benzene rings is 2. The van der Waals surface area contributed by atoms with Crippen molar-refractivity contribution in [2.24, 2.45) is 0 Å². The number of carbonyl (C=O) groups is 2. The summed E-state index contributed by atoms with van der Waals surface area (Å²) < 4.78 is 30.5. The van der Waals surface area contributed by atoms with E-state index >= 15 is 0 Å². The Morgan fingerprint density at radius 3 is 2.70 bits per heavy atom. The number of ether oxygens (including phenoxy) is 2. The van der Waals surface area contributed by atoms with Gasteiger partial charge in [0.05, 0.1) is 29.3 Å². The molecule has 1 atom stereocenters. The number of anilines is 1. The predicted octanol–water partition coefficient (Wildman–Crippen LogP) is 5.19. The maximum Gasteiger partial charge on any atom is 0.350 e. The van der Waals surface area contributed by atoms with E-state index in [9.17, 15) is 18.8 Å². The molecule has 1 amide bonds. The molecule has 0 radical (unpaired) electrons. The number of rotatable bonds is 7. The minimum atomic E-state index is -0.926. The molecular formula is C27H21FN2O6S. The molecule has 2 aromatic carbocycles. The third kappa shape index (κ3) is 4.19. The highest BCUT2D eigenvalue weighted by Gasteiger charge is 2.45. The molecule has 5 rings (SSSR count). The second kappa shape index (κ2) is 9.62. The molecule has 3 heterocycles. The van der Waals surface area contributed by atoms with Gasteiger partial charge in [0, 0.05) is 0 Å². The highest BCUT2D eigenvalue weighted by atomic mass is 32.1. The summed E-state index contributed by atoms with van der Waals surface area (Å²) in [6.07, 6.45) is 1.45. The number of amides is 1. The van der Waals surface area contributed by atoms with Gasteiger partial charge in [0.1, 0.15) is 28.6 Å². The summed E-state index contributed by atoms with van der Waals surface area (Å²) in [4.78, 5) is 45.9. The molecule has 8 nitrogen and oxygen atoms in total. The van der Waals surface area contributed by atoms with Gasteiger partial charge in [-0.25, -0.2) is 14.2 Å². The van der Waals surface area contributed by atoms with E-state index in [1.54, 1.807) is 31.2 Å². The number of aromatic nitrogens is 1.